The van der Waals surface area contributed by atoms with Crippen molar-refractivity contribution in [3.8, 4) is 5.75 Å². The molecule has 0 aliphatic carbocycles. The Hall–Kier alpha value is -3.00. The van der Waals surface area contributed by atoms with Crippen molar-refractivity contribution in [1.29, 1.82) is 0 Å². The summed E-state index contributed by atoms with van der Waals surface area (Å²) in [5, 5.41) is 10.3. The van der Waals surface area contributed by atoms with Crippen LogP contribution < -0.4 is 10.1 Å². The van der Waals surface area contributed by atoms with E-state index in [1.807, 2.05) is 0 Å². The molecule has 2 heterocycles. The number of aromatic amines is 1. The maximum Gasteiger partial charge on any atom is 0.420 e. The van der Waals surface area contributed by atoms with Gasteiger partial charge in [-0.15, -0.1) is 0 Å². The molecule has 9 heteroatoms. The molecule has 1 aliphatic rings. The summed E-state index contributed by atoms with van der Waals surface area (Å²) >= 11 is 6.36. The minimum absolute atomic E-state index is 0.206. The largest absolute Gasteiger partial charge is 0.496 e. The summed E-state index contributed by atoms with van der Waals surface area (Å²) in [5.41, 5.74) is 1.91. The van der Waals surface area contributed by atoms with Crippen LogP contribution in [0, 0.1) is 6.92 Å². The van der Waals surface area contributed by atoms with E-state index in [9.17, 15) is 13.2 Å². The summed E-state index contributed by atoms with van der Waals surface area (Å²) < 4.78 is 45.5. The van der Waals surface area contributed by atoms with Gasteiger partial charge in [0.05, 0.1) is 29.8 Å². The molecule has 0 saturated heterocycles. The van der Waals surface area contributed by atoms with Gasteiger partial charge < -0.3 is 10.1 Å². The van der Waals surface area contributed by atoms with Gasteiger partial charge in [0.25, 0.3) is 0 Å². The zero-order valence-electron chi connectivity index (χ0n) is 14.8. The van der Waals surface area contributed by atoms with Gasteiger partial charge in [-0.25, -0.2) is 4.99 Å². The van der Waals surface area contributed by atoms with Crippen LogP contribution in [0.2, 0.25) is 5.02 Å². The van der Waals surface area contributed by atoms with Crippen LogP contribution in [0.4, 0.5) is 30.4 Å². The van der Waals surface area contributed by atoms with E-state index in [-0.39, 0.29) is 11.4 Å². The Kier molecular flexibility index (Phi) is 4.30. The number of hydrogen-bond acceptors (Lipinski definition) is 4. The first-order valence-corrected chi connectivity index (χ1v) is 8.62. The lowest BCUT2D eigenvalue weighted by Gasteiger charge is -2.18. The van der Waals surface area contributed by atoms with Crippen LogP contribution in [0.3, 0.4) is 0 Å². The van der Waals surface area contributed by atoms with E-state index in [1.165, 1.54) is 13.2 Å². The molecule has 0 bridgehead atoms. The van der Waals surface area contributed by atoms with Crippen LogP contribution in [0.5, 0.6) is 5.75 Å². The van der Waals surface area contributed by atoms with Crippen molar-refractivity contribution in [2.45, 2.75) is 13.1 Å². The zero-order chi connectivity index (χ0) is 20.1. The van der Waals surface area contributed by atoms with E-state index in [1.54, 1.807) is 31.2 Å². The molecule has 4 rings (SSSR count). The van der Waals surface area contributed by atoms with Gasteiger partial charge in [-0.3, -0.25) is 5.10 Å². The first kappa shape index (κ1) is 18.4. The fourth-order valence-electron chi connectivity index (χ4n) is 3.07. The number of rotatable bonds is 2. The molecule has 144 valence electrons. The number of alkyl halides is 3. The number of nitrogens with zero attached hydrogens (tertiary/aromatic N) is 2. The molecule has 1 aromatic heterocycles. The van der Waals surface area contributed by atoms with E-state index in [2.05, 4.69) is 20.5 Å². The third kappa shape index (κ3) is 2.99. The first-order chi connectivity index (χ1) is 13.3. The Bertz CT molecular complexity index is 1110. The molecule has 1 aliphatic heterocycles. The minimum Gasteiger partial charge on any atom is -0.496 e. The number of methoxy groups -OCH3 is 1. The lowest BCUT2D eigenvalue weighted by molar-refractivity contribution is -0.138. The second-order valence-corrected chi connectivity index (χ2v) is 6.61. The molecule has 0 amide bonds. The molecule has 0 atom stereocenters. The number of hydrogen-bond donors (Lipinski definition) is 2. The molecule has 28 heavy (non-hydrogen) atoms. The fourth-order valence-corrected chi connectivity index (χ4v) is 3.30. The predicted octanol–water partition coefficient (Wildman–Crippen LogP) is 5.63. The van der Waals surface area contributed by atoms with Crippen LogP contribution in [0.1, 0.15) is 22.4 Å². The standard InChI is InChI=1S/C19H14ClF3N4O/c1-9-16-18(27-26-9)24-14-8-12(19(21,22)23)15(28-2)7-11(14)17(25-16)10-5-3-4-6-13(10)20/h3-8H,1-2H3,(H2,24,26,27). The molecule has 5 nitrogen and oxygen atoms in total. The van der Waals surface area contributed by atoms with Crippen molar-refractivity contribution in [2.24, 2.45) is 4.99 Å². The van der Waals surface area contributed by atoms with Gasteiger partial charge in [-0.2, -0.15) is 18.3 Å². The van der Waals surface area contributed by atoms with Gasteiger partial charge in [0.15, 0.2) is 5.82 Å². The molecule has 0 unspecified atom stereocenters. The normalized spacial score (nSPS) is 13.1. The van der Waals surface area contributed by atoms with Gasteiger partial charge in [-0.1, -0.05) is 29.8 Å². The highest BCUT2D eigenvalue weighted by Crippen LogP contribution is 2.43. The number of H-pyrrole nitrogens is 1. The number of nitrogens with one attached hydrogen (secondary N) is 2. The fraction of sp³-hybridized carbons (Fsp3) is 0.158. The number of aryl methyl sites for hydroxylation is 1. The quantitative estimate of drug-likeness (QED) is 0.454. The maximum absolute atomic E-state index is 13.5. The van der Waals surface area contributed by atoms with Gasteiger partial charge in [0.1, 0.15) is 11.4 Å². The molecule has 3 aromatic rings. The van der Waals surface area contributed by atoms with Crippen LogP contribution >= 0.6 is 11.6 Å². The number of aliphatic imine (C=N–C) groups is 1. The lowest BCUT2D eigenvalue weighted by Crippen LogP contribution is -2.12. The van der Waals surface area contributed by atoms with Crippen molar-refractivity contribution in [3.05, 3.63) is 63.8 Å². The summed E-state index contributed by atoms with van der Waals surface area (Å²) in [6.45, 7) is 1.78. The summed E-state index contributed by atoms with van der Waals surface area (Å²) in [7, 11) is 1.20. The van der Waals surface area contributed by atoms with Crippen molar-refractivity contribution in [2.75, 3.05) is 12.4 Å². The van der Waals surface area contributed by atoms with Crippen molar-refractivity contribution < 1.29 is 17.9 Å². The van der Waals surface area contributed by atoms with E-state index in [0.29, 0.717) is 39.1 Å². The van der Waals surface area contributed by atoms with Gasteiger partial charge in [0.2, 0.25) is 0 Å². The van der Waals surface area contributed by atoms with E-state index in [4.69, 9.17) is 16.3 Å². The molecule has 0 saturated carbocycles. The van der Waals surface area contributed by atoms with Gasteiger partial charge >= 0.3 is 6.18 Å². The topological polar surface area (TPSA) is 62.3 Å². The summed E-state index contributed by atoms with van der Waals surface area (Å²) in [5.74, 6) is 0.0322. The maximum atomic E-state index is 13.5. The van der Waals surface area contributed by atoms with Crippen LogP contribution in [-0.2, 0) is 6.18 Å². The second kappa shape index (κ2) is 6.56. The Balaban J connectivity index is 2.05. The third-order valence-corrected chi connectivity index (χ3v) is 4.75. The van der Waals surface area contributed by atoms with Gasteiger partial charge in [-0.05, 0) is 25.1 Å². The molecule has 2 aromatic carbocycles. The lowest BCUT2D eigenvalue weighted by atomic mass is 9.98. The highest BCUT2D eigenvalue weighted by molar-refractivity contribution is 6.36. The van der Waals surface area contributed by atoms with E-state index < -0.39 is 11.7 Å². The molecular formula is C19H14ClF3N4O. The molecule has 0 fully saturated rings. The number of fused-ring (bicyclic) bond motifs is 2. The van der Waals surface area contributed by atoms with E-state index >= 15 is 0 Å². The molecule has 0 spiro atoms. The number of halogens is 4. The SMILES string of the molecule is COc1cc2c(cc1C(F)(F)F)Nc1n[nH]c(C)c1N=C2c1ccccc1Cl. The van der Waals surface area contributed by atoms with Crippen molar-refractivity contribution in [1.82, 2.24) is 10.2 Å². The molecular weight excluding hydrogens is 393 g/mol. The monoisotopic (exact) mass is 406 g/mol. The first-order valence-electron chi connectivity index (χ1n) is 8.24. The van der Waals surface area contributed by atoms with E-state index in [0.717, 1.165) is 6.07 Å². The van der Waals surface area contributed by atoms with Crippen LogP contribution in [0.15, 0.2) is 41.4 Å². The number of aromatic nitrogens is 2. The Labute approximate surface area is 163 Å². The number of ether oxygens (including phenoxy) is 1. The molecule has 0 radical (unpaired) electrons. The summed E-state index contributed by atoms with van der Waals surface area (Å²) in [4.78, 5) is 4.68. The van der Waals surface area contributed by atoms with Gasteiger partial charge in [0, 0.05) is 16.1 Å². The summed E-state index contributed by atoms with van der Waals surface area (Å²) in [6.07, 6.45) is -4.58. The predicted molar refractivity (Wildman–Crippen MR) is 101 cm³/mol. The average molecular weight is 407 g/mol. The third-order valence-electron chi connectivity index (χ3n) is 4.42. The van der Waals surface area contributed by atoms with Crippen molar-refractivity contribution >= 4 is 34.5 Å². The number of anilines is 2. The molecule has 2 N–H and O–H groups in total. The minimum atomic E-state index is -4.58. The summed E-state index contributed by atoms with van der Waals surface area (Å²) in [6, 6.07) is 9.32. The zero-order valence-corrected chi connectivity index (χ0v) is 15.5. The van der Waals surface area contributed by atoms with Crippen molar-refractivity contribution in [3.63, 3.8) is 0 Å². The average Bonchev–Trinajstić information content (AvgIpc) is 2.90. The highest BCUT2D eigenvalue weighted by atomic mass is 35.5. The smallest absolute Gasteiger partial charge is 0.420 e. The Morgan fingerprint density at radius 2 is 1.86 bits per heavy atom. The Morgan fingerprint density at radius 1 is 1.11 bits per heavy atom. The van der Waals surface area contributed by atoms with Crippen LogP contribution in [0.25, 0.3) is 0 Å². The Morgan fingerprint density at radius 3 is 2.54 bits per heavy atom. The number of benzene rings is 2. The van der Waals surface area contributed by atoms with Crippen LogP contribution in [-0.4, -0.2) is 23.0 Å². The second-order valence-electron chi connectivity index (χ2n) is 6.21. The highest BCUT2D eigenvalue weighted by Gasteiger charge is 2.36.